The number of carbonyl (C=O) groups is 2. The van der Waals surface area contributed by atoms with Crippen LogP contribution < -0.4 is 10.6 Å². The van der Waals surface area contributed by atoms with Crippen LogP contribution in [0.5, 0.6) is 0 Å². The highest BCUT2D eigenvalue weighted by atomic mass is 35.5. The minimum Gasteiger partial charge on any atom is -0.324 e. The summed E-state index contributed by atoms with van der Waals surface area (Å²) in [5.41, 5.74) is 0.0970. The van der Waals surface area contributed by atoms with Crippen LogP contribution in [0.15, 0.2) is 0 Å². The number of hydrogen-bond acceptors (Lipinski definition) is 4. The van der Waals surface area contributed by atoms with Crippen LogP contribution in [0.3, 0.4) is 0 Å². The lowest BCUT2D eigenvalue weighted by Gasteiger charge is -2.04. The fourth-order valence-corrected chi connectivity index (χ4v) is 1.20. The van der Waals surface area contributed by atoms with Gasteiger partial charge in [-0.3, -0.25) is 14.9 Å². The maximum atomic E-state index is 10.1. The van der Waals surface area contributed by atoms with Crippen molar-refractivity contribution in [1.82, 2.24) is 9.97 Å². The van der Waals surface area contributed by atoms with E-state index in [1.165, 1.54) is 0 Å². The van der Waals surface area contributed by atoms with Crippen molar-refractivity contribution in [1.29, 1.82) is 0 Å². The second-order valence-electron chi connectivity index (χ2n) is 2.03. The summed E-state index contributed by atoms with van der Waals surface area (Å²) in [5.74, 6) is -0.0357. The van der Waals surface area contributed by atoms with E-state index in [-0.39, 0.29) is 21.9 Å². The fraction of sp³-hybridized carbons (Fsp3) is 0. The maximum absolute atomic E-state index is 10.1. The van der Waals surface area contributed by atoms with E-state index in [4.69, 9.17) is 23.2 Å². The van der Waals surface area contributed by atoms with Crippen LogP contribution >= 0.6 is 23.2 Å². The molecule has 0 bridgehead atoms. The summed E-state index contributed by atoms with van der Waals surface area (Å²) < 4.78 is 0. The van der Waals surface area contributed by atoms with Gasteiger partial charge in [0.2, 0.25) is 18.8 Å². The van der Waals surface area contributed by atoms with Crippen molar-refractivity contribution < 1.29 is 9.59 Å². The average molecular weight is 235 g/mol. The molecule has 0 fully saturated rings. The molecule has 0 aromatic carbocycles. The molecule has 0 saturated carbocycles. The number of nitrogens with zero attached hydrogens (tertiary/aromatic N) is 2. The Morgan fingerprint density at radius 2 is 1.50 bits per heavy atom. The Morgan fingerprint density at radius 3 is 1.93 bits per heavy atom. The molecule has 2 amide bonds. The minimum atomic E-state index is -0.0542. The Bertz CT molecular complexity index is 348. The highest BCUT2D eigenvalue weighted by Gasteiger charge is 2.10. The number of amides is 2. The molecule has 0 spiro atoms. The summed E-state index contributed by atoms with van der Waals surface area (Å²) in [7, 11) is 0. The summed E-state index contributed by atoms with van der Waals surface area (Å²) in [6.45, 7) is 0. The number of rotatable bonds is 4. The smallest absolute Gasteiger partial charge is 0.232 e. The molecule has 1 aromatic rings. The van der Waals surface area contributed by atoms with Crippen LogP contribution in [-0.2, 0) is 9.59 Å². The number of anilines is 2. The van der Waals surface area contributed by atoms with Gasteiger partial charge in [-0.25, -0.2) is 0 Å². The first-order chi connectivity index (χ1) is 6.69. The molecule has 0 aliphatic heterocycles. The summed E-state index contributed by atoms with van der Waals surface area (Å²) in [4.78, 5) is 27.5. The van der Waals surface area contributed by atoms with Crippen LogP contribution in [0, 0.1) is 0 Å². The third-order valence-corrected chi connectivity index (χ3v) is 1.76. The van der Waals surface area contributed by atoms with Crippen molar-refractivity contribution in [2.24, 2.45) is 0 Å². The molecular formula is C6H4Cl2N4O2. The fourth-order valence-electron chi connectivity index (χ4n) is 0.703. The molecule has 0 unspecified atom stereocenters. The number of halogens is 2. The van der Waals surface area contributed by atoms with Gasteiger partial charge in [0.25, 0.3) is 0 Å². The topological polar surface area (TPSA) is 84.0 Å². The molecule has 1 aromatic heterocycles. The van der Waals surface area contributed by atoms with Crippen LogP contribution in [0.25, 0.3) is 0 Å². The number of carbonyl (C=O) groups excluding carboxylic acids is 2. The predicted octanol–water partition coefficient (Wildman–Crippen LogP) is 0.920. The lowest BCUT2D eigenvalue weighted by Crippen LogP contribution is -2.04. The van der Waals surface area contributed by atoms with Crippen molar-refractivity contribution in [2.75, 3.05) is 10.6 Å². The monoisotopic (exact) mass is 234 g/mol. The number of hydrogen-bond donors (Lipinski definition) is 2. The third kappa shape index (κ3) is 2.30. The van der Waals surface area contributed by atoms with Crippen molar-refractivity contribution in [3.63, 3.8) is 0 Å². The Morgan fingerprint density at radius 1 is 1.00 bits per heavy atom. The van der Waals surface area contributed by atoms with Gasteiger partial charge in [-0.2, -0.15) is 9.97 Å². The van der Waals surface area contributed by atoms with Crippen LogP contribution in [-0.4, -0.2) is 22.8 Å². The van der Waals surface area contributed by atoms with E-state index >= 15 is 0 Å². The third-order valence-electron chi connectivity index (χ3n) is 1.21. The zero-order valence-corrected chi connectivity index (χ0v) is 8.13. The van der Waals surface area contributed by atoms with Gasteiger partial charge < -0.3 is 5.32 Å². The summed E-state index contributed by atoms with van der Waals surface area (Å²) in [6, 6.07) is 0. The first-order valence-corrected chi connectivity index (χ1v) is 4.08. The van der Waals surface area contributed by atoms with E-state index in [9.17, 15) is 9.59 Å². The highest BCUT2D eigenvalue weighted by molar-refractivity contribution is 6.38. The molecule has 0 radical (unpaired) electrons. The van der Waals surface area contributed by atoms with Gasteiger partial charge >= 0.3 is 0 Å². The number of nitrogens with one attached hydrogen (secondary N) is 2. The molecule has 0 saturated heterocycles. The highest BCUT2D eigenvalue weighted by Crippen LogP contribution is 2.27. The van der Waals surface area contributed by atoms with Crippen molar-refractivity contribution in [3.05, 3.63) is 10.3 Å². The van der Waals surface area contributed by atoms with Crippen LogP contribution in [0.1, 0.15) is 0 Å². The van der Waals surface area contributed by atoms with Crippen LogP contribution in [0.2, 0.25) is 10.3 Å². The SMILES string of the molecule is O=CNc1nc(Cl)c(NC=O)c(Cl)n1. The zero-order chi connectivity index (χ0) is 10.6. The van der Waals surface area contributed by atoms with E-state index in [0.29, 0.717) is 12.8 Å². The molecule has 8 heteroatoms. The predicted molar refractivity (Wildman–Crippen MR) is 51.4 cm³/mol. The number of aromatic nitrogens is 2. The van der Waals surface area contributed by atoms with Crippen molar-refractivity contribution >= 4 is 47.7 Å². The quantitative estimate of drug-likeness (QED) is 0.600. The van der Waals surface area contributed by atoms with E-state index < -0.39 is 0 Å². The van der Waals surface area contributed by atoms with E-state index in [1.807, 2.05) is 0 Å². The standard InChI is InChI=1S/C6H4Cl2N4O2/c7-4-3(9-1-13)5(8)12-6(11-4)10-2-14/h1-2H,(H,9,13)(H,10,11,12,14). The van der Waals surface area contributed by atoms with Gasteiger partial charge in [0.05, 0.1) is 0 Å². The zero-order valence-electron chi connectivity index (χ0n) is 6.62. The van der Waals surface area contributed by atoms with Crippen molar-refractivity contribution in [3.8, 4) is 0 Å². The molecule has 14 heavy (non-hydrogen) atoms. The summed E-state index contributed by atoms with van der Waals surface area (Å²) >= 11 is 11.3. The molecular weight excluding hydrogens is 231 g/mol. The lowest BCUT2D eigenvalue weighted by atomic mass is 10.5. The summed E-state index contributed by atoms with van der Waals surface area (Å²) in [6.07, 6.45) is 0.776. The van der Waals surface area contributed by atoms with E-state index in [1.54, 1.807) is 0 Å². The van der Waals surface area contributed by atoms with Crippen molar-refractivity contribution in [2.45, 2.75) is 0 Å². The molecule has 0 aliphatic carbocycles. The largest absolute Gasteiger partial charge is 0.324 e. The molecule has 1 rings (SSSR count). The average Bonchev–Trinajstić information content (AvgIpc) is 2.12. The molecule has 0 aliphatic rings. The van der Waals surface area contributed by atoms with E-state index in [0.717, 1.165) is 0 Å². The second kappa shape index (κ2) is 4.73. The molecule has 74 valence electrons. The first-order valence-electron chi connectivity index (χ1n) is 3.32. The van der Waals surface area contributed by atoms with Crippen LogP contribution in [0.4, 0.5) is 11.6 Å². The van der Waals surface area contributed by atoms with E-state index in [2.05, 4.69) is 20.6 Å². The van der Waals surface area contributed by atoms with Gasteiger partial charge in [-0.05, 0) is 0 Å². The molecule has 2 N–H and O–H groups in total. The second-order valence-corrected chi connectivity index (χ2v) is 2.74. The Labute approximate surface area is 88.6 Å². The Hall–Kier alpha value is -1.40. The normalized spacial score (nSPS) is 9.29. The van der Waals surface area contributed by atoms with Gasteiger partial charge in [-0.1, -0.05) is 23.2 Å². The molecule has 0 atom stereocenters. The minimum absolute atomic E-state index is 0.0357. The first kappa shape index (κ1) is 10.7. The molecule has 6 nitrogen and oxygen atoms in total. The Kier molecular flexibility index (Phi) is 3.61. The molecule has 1 heterocycles. The Balaban J connectivity index is 3.10. The van der Waals surface area contributed by atoms with Gasteiger partial charge in [0.1, 0.15) is 5.69 Å². The van der Waals surface area contributed by atoms with Gasteiger partial charge in [0.15, 0.2) is 10.3 Å². The maximum Gasteiger partial charge on any atom is 0.232 e. The van der Waals surface area contributed by atoms with Gasteiger partial charge in [0, 0.05) is 0 Å². The summed E-state index contributed by atoms with van der Waals surface area (Å²) in [5, 5.41) is 4.29. The lowest BCUT2D eigenvalue weighted by molar-refractivity contribution is -0.106. The van der Waals surface area contributed by atoms with Gasteiger partial charge in [-0.15, -0.1) is 0 Å².